The van der Waals surface area contributed by atoms with Crippen molar-refractivity contribution < 1.29 is 17.6 Å². The predicted molar refractivity (Wildman–Crippen MR) is 103 cm³/mol. The van der Waals surface area contributed by atoms with Crippen LogP contribution in [0.5, 0.6) is 0 Å². The molecule has 0 atom stereocenters. The first-order chi connectivity index (χ1) is 13.8. The molecule has 0 saturated carbocycles. The van der Waals surface area contributed by atoms with Gasteiger partial charge in [-0.1, -0.05) is 0 Å². The third-order valence-electron chi connectivity index (χ3n) is 3.88. The Morgan fingerprint density at radius 3 is 2.59 bits per heavy atom. The number of aromatic nitrogens is 3. The standard InChI is InChI=1S/C18H18F4N6S/c1-23-17(25-10-16-26-15(11-29-16)18(20,21)22)24-8-6-13-7-9-28(27-13)14-4-2-12(19)3-5-14/h2-5,7,9,11H,6,8,10H2,1H3,(H2,23,24,25). The largest absolute Gasteiger partial charge is 0.434 e. The molecule has 0 aliphatic heterocycles. The molecule has 154 valence electrons. The molecule has 0 radical (unpaired) electrons. The molecule has 0 spiro atoms. The van der Waals surface area contributed by atoms with E-state index in [0.717, 1.165) is 28.1 Å². The number of aliphatic imine (C=N–C) groups is 1. The number of guanidine groups is 1. The maximum absolute atomic E-state index is 13.0. The highest BCUT2D eigenvalue weighted by atomic mass is 32.1. The lowest BCUT2D eigenvalue weighted by Gasteiger charge is -2.10. The monoisotopic (exact) mass is 426 g/mol. The number of nitrogens with one attached hydrogen (secondary N) is 2. The van der Waals surface area contributed by atoms with Gasteiger partial charge >= 0.3 is 6.18 Å². The summed E-state index contributed by atoms with van der Waals surface area (Å²) < 4.78 is 52.4. The summed E-state index contributed by atoms with van der Waals surface area (Å²) in [6.07, 6.45) is -2.05. The first-order valence-electron chi connectivity index (χ1n) is 8.62. The van der Waals surface area contributed by atoms with Crippen LogP contribution < -0.4 is 10.6 Å². The molecule has 0 saturated heterocycles. The Balaban J connectivity index is 1.46. The molecule has 3 aromatic rings. The van der Waals surface area contributed by atoms with Crippen LogP contribution in [-0.2, 0) is 19.1 Å². The fraction of sp³-hybridized carbons (Fsp3) is 0.278. The molecule has 0 aliphatic carbocycles. The maximum atomic E-state index is 13.0. The molecular weight excluding hydrogens is 408 g/mol. The van der Waals surface area contributed by atoms with Crippen LogP contribution in [0.25, 0.3) is 5.69 Å². The molecule has 1 aromatic carbocycles. The number of nitrogens with zero attached hydrogens (tertiary/aromatic N) is 4. The minimum Gasteiger partial charge on any atom is -0.356 e. The van der Waals surface area contributed by atoms with E-state index in [2.05, 4.69) is 25.7 Å². The highest BCUT2D eigenvalue weighted by Gasteiger charge is 2.33. The summed E-state index contributed by atoms with van der Waals surface area (Å²) in [5, 5.41) is 11.7. The van der Waals surface area contributed by atoms with Crippen LogP contribution >= 0.6 is 11.3 Å². The van der Waals surface area contributed by atoms with E-state index in [1.807, 2.05) is 6.07 Å². The van der Waals surface area contributed by atoms with E-state index in [1.165, 1.54) is 12.1 Å². The summed E-state index contributed by atoms with van der Waals surface area (Å²) in [5.41, 5.74) is 0.691. The zero-order valence-corrected chi connectivity index (χ0v) is 16.2. The van der Waals surface area contributed by atoms with Crippen LogP contribution in [0.4, 0.5) is 17.6 Å². The summed E-state index contributed by atoms with van der Waals surface area (Å²) in [4.78, 5) is 7.60. The normalized spacial score (nSPS) is 12.2. The van der Waals surface area contributed by atoms with E-state index in [1.54, 1.807) is 30.1 Å². The van der Waals surface area contributed by atoms with Crippen molar-refractivity contribution in [2.45, 2.75) is 19.1 Å². The van der Waals surface area contributed by atoms with Crippen molar-refractivity contribution in [2.24, 2.45) is 4.99 Å². The number of halogens is 4. The molecule has 6 nitrogen and oxygen atoms in total. The quantitative estimate of drug-likeness (QED) is 0.360. The van der Waals surface area contributed by atoms with E-state index in [0.29, 0.717) is 23.9 Å². The Kier molecular flexibility index (Phi) is 6.47. The van der Waals surface area contributed by atoms with Crippen LogP contribution in [0, 0.1) is 5.82 Å². The Bertz CT molecular complexity index is 961. The van der Waals surface area contributed by atoms with Gasteiger partial charge in [0.1, 0.15) is 10.8 Å². The molecule has 2 N–H and O–H groups in total. The van der Waals surface area contributed by atoms with Gasteiger partial charge in [0.2, 0.25) is 0 Å². The Hall–Kier alpha value is -2.95. The Morgan fingerprint density at radius 1 is 1.17 bits per heavy atom. The van der Waals surface area contributed by atoms with Gasteiger partial charge in [-0.05, 0) is 30.3 Å². The van der Waals surface area contributed by atoms with E-state index < -0.39 is 11.9 Å². The van der Waals surface area contributed by atoms with Crippen molar-refractivity contribution in [1.82, 2.24) is 25.4 Å². The van der Waals surface area contributed by atoms with Crippen molar-refractivity contribution in [3.63, 3.8) is 0 Å². The molecule has 11 heteroatoms. The third kappa shape index (κ3) is 5.76. The highest BCUT2D eigenvalue weighted by molar-refractivity contribution is 7.09. The summed E-state index contributed by atoms with van der Waals surface area (Å²) in [7, 11) is 1.57. The van der Waals surface area contributed by atoms with Gasteiger partial charge in [0.05, 0.1) is 17.9 Å². The SMILES string of the molecule is CN=C(NCCc1ccn(-c2ccc(F)cc2)n1)NCc1nc(C(F)(F)F)cs1. The summed E-state index contributed by atoms with van der Waals surface area (Å²) in [5.74, 6) is 0.142. The second-order valence-corrected chi connectivity index (χ2v) is 6.90. The summed E-state index contributed by atoms with van der Waals surface area (Å²) in [6.45, 7) is 0.658. The Labute approximate surface area is 168 Å². The van der Waals surface area contributed by atoms with Gasteiger partial charge in [0, 0.05) is 31.6 Å². The van der Waals surface area contributed by atoms with Gasteiger partial charge in [-0.25, -0.2) is 14.1 Å². The first-order valence-corrected chi connectivity index (χ1v) is 9.50. The van der Waals surface area contributed by atoms with Crippen LogP contribution in [0.3, 0.4) is 0 Å². The van der Waals surface area contributed by atoms with Crippen LogP contribution in [0.2, 0.25) is 0 Å². The fourth-order valence-electron chi connectivity index (χ4n) is 2.44. The van der Waals surface area contributed by atoms with E-state index in [9.17, 15) is 17.6 Å². The van der Waals surface area contributed by atoms with Gasteiger partial charge in [-0.15, -0.1) is 11.3 Å². The lowest BCUT2D eigenvalue weighted by atomic mass is 10.3. The van der Waals surface area contributed by atoms with E-state index >= 15 is 0 Å². The number of hydrogen-bond donors (Lipinski definition) is 2. The van der Waals surface area contributed by atoms with Gasteiger partial charge in [-0.2, -0.15) is 18.3 Å². The third-order valence-corrected chi connectivity index (χ3v) is 4.73. The van der Waals surface area contributed by atoms with Gasteiger partial charge in [-0.3, -0.25) is 4.99 Å². The maximum Gasteiger partial charge on any atom is 0.434 e. The van der Waals surface area contributed by atoms with Gasteiger partial charge in [0.25, 0.3) is 0 Å². The van der Waals surface area contributed by atoms with E-state index in [-0.39, 0.29) is 12.4 Å². The molecule has 29 heavy (non-hydrogen) atoms. The van der Waals surface area contributed by atoms with Crippen molar-refractivity contribution in [3.05, 3.63) is 64.1 Å². The number of thiazole rings is 1. The Morgan fingerprint density at radius 2 is 1.93 bits per heavy atom. The van der Waals surface area contributed by atoms with Crippen molar-refractivity contribution in [1.29, 1.82) is 0 Å². The lowest BCUT2D eigenvalue weighted by molar-refractivity contribution is -0.140. The molecular formula is C18H18F4N6S. The van der Waals surface area contributed by atoms with Crippen molar-refractivity contribution in [3.8, 4) is 5.69 Å². The smallest absolute Gasteiger partial charge is 0.356 e. The first kappa shape index (κ1) is 20.8. The second kappa shape index (κ2) is 9.03. The lowest BCUT2D eigenvalue weighted by Crippen LogP contribution is -2.37. The second-order valence-electron chi connectivity index (χ2n) is 5.95. The van der Waals surface area contributed by atoms with Crippen LogP contribution in [0.15, 0.2) is 46.9 Å². The van der Waals surface area contributed by atoms with Crippen LogP contribution in [0.1, 0.15) is 16.4 Å². The molecule has 2 heterocycles. The van der Waals surface area contributed by atoms with Crippen molar-refractivity contribution in [2.75, 3.05) is 13.6 Å². The summed E-state index contributed by atoms with van der Waals surface area (Å²) in [6, 6.07) is 7.87. The van der Waals surface area contributed by atoms with Crippen molar-refractivity contribution >= 4 is 17.3 Å². The molecule has 0 aliphatic rings. The molecule has 0 unspecified atom stereocenters. The zero-order chi connectivity index (χ0) is 20.9. The molecule has 2 aromatic heterocycles. The van der Waals surface area contributed by atoms with Gasteiger partial charge < -0.3 is 10.6 Å². The van der Waals surface area contributed by atoms with E-state index in [4.69, 9.17) is 0 Å². The zero-order valence-electron chi connectivity index (χ0n) is 15.4. The average molecular weight is 426 g/mol. The molecule has 0 fully saturated rings. The molecule has 0 bridgehead atoms. The van der Waals surface area contributed by atoms with Crippen LogP contribution in [-0.4, -0.2) is 34.3 Å². The fourth-order valence-corrected chi connectivity index (χ4v) is 3.18. The molecule has 3 rings (SSSR count). The minimum absolute atomic E-state index is 0.139. The molecule has 0 amide bonds. The number of alkyl halides is 3. The number of hydrogen-bond acceptors (Lipinski definition) is 4. The number of benzene rings is 1. The predicted octanol–water partition coefficient (Wildman–Crippen LogP) is 3.39. The summed E-state index contributed by atoms with van der Waals surface area (Å²) >= 11 is 0.939. The minimum atomic E-state index is -4.44. The topological polar surface area (TPSA) is 67.1 Å². The highest BCUT2D eigenvalue weighted by Crippen LogP contribution is 2.29. The van der Waals surface area contributed by atoms with Gasteiger partial charge in [0.15, 0.2) is 11.7 Å². The average Bonchev–Trinajstić information content (AvgIpc) is 3.34. The number of rotatable bonds is 6.